The van der Waals surface area contributed by atoms with Gasteiger partial charge in [0.15, 0.2) is 0 Å². The van der Waals surface area contributed by atoms with Gasteiger partial charge >= 0.3 is 0 Å². The van der Waals surface area contributed by atoms with Gasteiger partial charge in [0.25, 0.3) is 5.91 Å². The predicted molar refractivity (Wildman–Crippen MR) is 81.2 cm³/mol. The van der Waals surface area contributed by atoms with Gasteiger partial charge in [0.1, 0.15) is 0 Å². The summed E-state index contributed by atoms with van der Waals surface area (Å²) in [5, 5.41) is 12.0. The number of thiophene rings is 1. The Kier molecular flexibility index (Phi) is 3.59. The maximum absolute atomic E-state index is 12.1. The van der Waals surface area contributed by atoms with Crippen LogP contribution in [0.2, 0.25) is 0 Å². The average Bonchev–Trinajstić information content (AvgIpc) is 2.89. The number of benzene rings is 1. The van der Waals surface area contributed by atoms with E-state index in [2.05, 4.69) is 23.5 Å². The van der Waals surface area contributed by atoms with Crippen molar-refractivity contribution >= 4 is 17.2 Å². The summed E-state index contributed by atoms with van der Waals surface area (Å²) in [7, 11) is 0. The van der Waals surface area contributed by atoms with Crippen LogP contribution in [0.3, 0.4) is 0 Å². The fraction of sp³-hybridized carbons (Fsp3) is 0.312. The van der Waals surface area contributed by atoms with Gasteiger partial charge in [-0.25, -0.2) is 0 Å². The zero-order valence-electron chi connectivity index (χ0n) is 11.3. The monoisotopic (exact) mass is 287 g/mol. The first-order chi connectivity index (χ1) is 9.65. The Morgan fingerprint density at radius 3 is 2.90 bits per heavy atom. The molecule has 2 aromatic rings. The maximum Gasteiger partial charge on any atom is 0.261 e. The third-order valence-corrected chi connectivity index (χ3v) is 4.73. The average molecular weight is 287 g/mol. The van der Waals surface area contributed by atoms with E-state index in [1.165, 1.54) is 21.6 Å². The molecule has 104 valence electrons. The molecule has 0 bridgehead atoms. The van der Waals surface area contributed by atoms with Crippen LogP contribution in [0.25, 0.3) is 10.4 Å². The fourth-order valence-electron chi connectivity index (χ4n) is 2.51. The summed E-state index contributed by atoms with van der Waals surface area (Å²) in [6, 6.07) is 10.4. The Balaban J connectivity index is 1.89. The standard InChI is InChI=1S/C16H17NO2S/c1-10(18)9-17-16(19)14-8-12-7-6-11-4-2-3-5-13(11)15(12)20-14/h2-5,8,10,18H,6-7,9H2,1H3,(H,17,19). The lowest BCUT2D eigenvalue weighted by Gasteiger charge is -2.15. The van der Waals surface area contributed by atoms with Crippen LogP contribution in [0, 0.1) is 0 Å². The molecule has 0 spiro atoms. The van der Waals surface area contributed by atoms with Crippen LogP contribution in [-0.4, -0.2) is 23.7 Å². The largest absolute Gasteiger partial charge is 0.392 e. The van der Waals surface area contributed by atoms with E-state index >= 15 is 0 Å². The molecule has 0 radical (unpaired) electrons. The summed E-state index contributed by atoms with van der Waals surface area (Å²) in [4.78, 5) is 14.0. The molecule has 1 unspecified atom stereocenters. The van der Waals surface area contributed by atoms with Gasteiger partial charge in [0, 0.05) is 11.4 Å². The highest BCUT2D eigenvalue weighted by molar-refractivity contribution is 7.17. The van der Waals surface area contributed by atoms with Crippen LogP contribution in [0.5, 0.6) is 0 Å². The van der Waals surface area contributed by atoms with Gasteiger partial charge in [-0.3, -0.25) is 4.79 Å². The van der Waals surface area contributed by atoms with Gasteiger partial charge in [0.2, 0.25) is 0 Å². The summed E-state index contributed by atoms with van der Waals surface area (Å²) in [6.07, 6.45) is 1.51. The van der Waals surface area contributed by atoms with Crippen LogP contribution in [0.15, 0.2) is 30.3 Å². The number of aliphatic hydroxyl groups is 1. The number of fused-ring (bicyclic) bond motifs is 3. The molecule has 3 rings (SSSR count). The molecule has 1 amide bonds. The second-order valence-electron chi connectivity index (χ2n) is 5.18. The molecule has 4 heteroatoms. The first-order valence-electron chi connectivity index (χ1n) is 6.82. The lowest BCUT2D eigenvalue weighted by atomic mass is 9.91. The highest BCUT2D eigenvalue weighted by Crippen LogP contribution is 2.39. The second-order valence-corrected chi connectivity index (χ2v) is 6.23. The molecular formula is C16H17NO2S. The molecule has 2 N–H and O–H groups in total. The number of rotatable bonds is 3. The smallest absolute Gasteiger partial charge is 0.261 e. The van der Waals surface area contributed by atoms with E-state index in [-0.39, 0.29) is 12.5 Å². The summed E-state index contributed by atoms with van der Waals surface area (Å²) in [6.45, 7) is 1.95. The van der Waals surface area contributed by atoms with Crippen LogP contribution in [0.4, 0.5) is 0 Å². The summed E-state index contributed by atoms with van der Waals surface area (Å²) in [5.74, 6) is -0.0946. The molecule has 1 aliphatic rings. The third-order valence-electron chi connectivity index (χ3n) is 3.52. The Hall–Kier alpha value is -1.65. The van der Waals surface area contributed by atoms with Crippen molar-refractivity contribution in [3.63, 3.8) is 0 Å². The molecule has 1 heterocycles. The first kappa shape index (κ1) is 13.3. The molecule has 1 atom stereocenters. The summed E-state index contributed by atoms with van der Waals surface area (Å²) < 4.78 is 0. The van der Waals surface area contributed by atoms with Gasteiger partial charge in [-0.1, -0.05) is 24.3 Å². The molecule has 1 aromatic carbocycles. The number of hydrogen-bond acceptors (Lipinski definition) is 3. The number of carbonyl (C=O) groups is 1. The van der Waals surface area contributed by atoms with Crippen molar-refractivity contribution in [1.82, 2.24) is 5.32 Å². The van der Waals surface area contributed by atoms with E-state index < -0.39 is 6.10 Å². The first-order valence-corrected chi connectivity index (χ1v) is 7.64. The topological polar surface area (TPSA) is 49.3 Å². The van der Waals surface area contributed by atoms with Crippen molar-refractivity contribution in [2.24, 2.45) is 0 Å². The summed E-state index contributed by atoms with van der Waals surface area (Å²) >= 11 is 1.54. The van der Waals surface area contributed by atoms with Crippen molar-refractivity contribution < 1.29 is 9.90 Å². The molecule has 0 saturated carbocycles. The van der Waals surface area contributed by atoms with Gasteiger partial charge in [0.05, 0.1) is 11.0 Å². The third kappa shape index (κ3) is 2.49. The van der Waals surface area contributed by atoms with Crippen LogP contribution in [0.1, 0.15) is 27.7 Å². The molecule has 0 saturated heterocycles. The molecular weight excluding hydrogens is 270 g/mol. The minimum atomic E-state index is -0.519. The molecule has 0 aliphatic heterocycles. The number of aryl methyl sites for hydroxylation is 2. The Morgan fingerprint density at radius 2 is 2.10 bits per heavy atom. The van der Waals surface area contributed by atoms with Crippen molar-refractivity contribution in [2.45, 2.75) is 25.9 Å². The number of carbonyl (C=O) groups excluding carboxylic acids is 1. The molecule has 1 aliphatic carbocycles. The Bertz CT molecular complexity index is 646. The lowest BCUT2D eigenvalue weighted by molar-refractivity contribution is 0.0928. The number of nitrogens with one attached hydrogen (secondary N) is 1. The van der Waals surface area contributed by atoms with E-state index in [0.29, 0.717) is 0 Å². The molecule has 0 fully saturated rings. The van der Waals surface area contributed by atoms with E-state index in [1.54, 1.807) is 18.3 Å². The van der Waals surface area contributed by atoms with Gasteiger partial charge in [-0.2, -0.15) is 0 Å². The van der Waals surface area contributed by atoms with Crippen molar-refractivity contribution in [3.05, 3.63) is 46.3 Å². The molecule has 1 aromatic heterocycles. The van der Waals surface area contributed by atoms with Gasteiger partial charge < -0.3 is 10.4 Å². The Labute approximate surface area is 122 Å². The molecule has 3 nitrogen and oxygen atoms in total. The fourth-order valence-corrected chi connectivity index (χ4v) is 3.70. The quantitative estimate of drug-likeness (QED) is 0.911. The van der Waals surface area contributed by atoms with Gasteiger partial charge in [-0.15, -0.1) is 11.3 Å². The highest BCUT2D eigenvalue weighted by Gasteiger charge is 2.21. The second kappa shape index (κ2) is 5.38. The SMILES string of the molecule is CC(O)CNC(=O)c1cc2c(s1)-c1ccccc1CC2. The van der Waals surface area contributed by atoms with Gasteiger partial charge in [-0.05, 0) is 42.5 Å². The predicted octanol–water partition coefficient (Wildman–Crippen LogP) is 2.62. The van der Waals surface area contributed by atoms with Crippen molar-refractivity contribution in [2.75, 3.05) is 6.54 Å². The highest BCUT2D eigenvalue weighted by atomic mass is 32.1. The van der Waals surface area contributed by atoms with E-state index in [4.69, 9.17) is 0 Å². The lowest BCUT2D eigenvalue weighted by Crippen LogP contribution is -2.29. The van der Waals surface area contributed by atoms with E-state index in [1.807, 2.05) is 12.1 Å². The number of hydrogen-bond donors (Lipinski definition) is 2. The zero-order chi connectivity index (χ0) is 14.1. The van der Waals surface area contributed by atoms with E-state index in [0.717, 1.165) is 17.7 Å². The van der Waals surface area contributed by atoms with Crippen LogP contribution < -0.4 is 5.32 Å². The van der Waals surface area contributed by atoms with Crippen LogP contribution in [-0.2, 0) is 12.8 Å². The van der Waals surface area contributed by atoms with Crippen molar-refractivity contribution in [3.8, 4) is 10.4 Å². The van der Waals surface area contributed by atoms with E-state index in [9.17, 15) is 9.90 Å². The number of aliphatic hydroxyl groups excluding tert-OH is 1. The normalized spacial score (nSPS) is 14.3. The Morgan fingerprint density at radius 1 is 1.35 bits per heavy atom. The summed E-state index contributed by atoms with van der Waals surface area (Å²) in [5.41, 5.74) is 3.88. The van der Waals surface area contributed by atoms with Crippen molar-refractivity contribution in [1.29, 1.82) is 0 Å². The molecule has 20 heavy (non-hydrogen) atoms. The maximum atomic E-state index is 12.1. The van der Waals surface area contributed by atoms with Crippen LogP contribution >= 0.6 is 11.3 Å². The number of amides is 1. The minimum absolute atomic E-state index is 0.0946. The zero-order valence-corrected chi connectivity index (χ0v) is 12.2. The minimum Gasteiger partial charge on any atom is -0.392 e.